The summed E-state index contributed by atoms with van der Waals surface area (Å²) in [4.78, 5) is 11.3. The molecule has 0 aromatic rings. The van der Waals surface area contributed by atoms with Gasteiger partial charge in [0.1, 0.15) is 0 Å². The molecule has 0 heterocycles. The van der Waals surface area contributed by atoms with Crippen molar-refractivity contribution in [2.45, 2.75) is 38.5 Å². The normalized spacial score (nSPS) is 20.1. The molecule has 2 heteroatoms. The summed E-state index contributed by atoms with van der Waals surface area (Å²) in [6.07, 6.45) is 6.92. The summed E-state index contributed by atoms with van der Waals surface area (Å²) in [7, 11) is 0. The number of ether oxygens (including phenoxy) is 1. The van der Waals surface area contributed by atoms with E-state index in [2.05, 4.69) is 6.92 Å². The molecule has 0 spiro atoms. The highest BCUT2D eigenvalue weighted by atomic mass is 16.5. The molecule has 0 aromatic heterocycles. The van der Waals surface area contributed by atoms with Crippen LogP contribution >= 0.6 is 0 Å². The highest BCUT2D eigenvalue weighted by Crippen LogP contribution is 2.23. The molecule has 1 rings (SSSR count). The summed E-state index contributed by atoms with van der Waals surface area (Å²) in [5.74, 6) is 0.126. The molecule has 0 N–H and O–H groups in total. The first kappa shape index (κ1) is 9.56. The molecule has 0 atom stereocenters. The van der Waals surface area contributed by atoms with E-state index >= 15 is 0 Å². The Morgan fingerprint density at radius 1 is 1.25 bits per heavy atom. The van der Waals surface area contributed by atoms with Gasteiger partial charge in [-0.05, 0) is 19.8 Å². The number of hydrogen-bond donors (Lipinski definition) is 0. The minimum Gasteiger partial charge on any atom is -0.465 e. The van der Waals surface area contributed by atoms with Crippen molar-refractivity contribution in [2.75, 3.05) is 6.61 Å². The van der Waals surface area contributed by atoms with Gasteiger partial charge in [-0.1, -0.05) is 25.7 Å². The van der Waals surface area contributed by atoms with Crippen LogP contribution in [0.4, 0.5) is 0 Å². The van der Waals surface area contributed by atoms with Crippen molar-refractivity contribution in [3.63, 3.8) is 0 Å². The number of esters is 1. The molecule has 1 aliphatic carbocycles. The number of hydrogen-bond acceptors (Lipinski definition) is 2. The van der Waals surface area contributed by atoms with Crippen molar-refractivity contribution in [1.82, 2.24) is 0 Å². The third-order valence-corrected chi connectivity index (χ3v) is 2.43. The molecule has 1 aliphatic rings. The maximum Gasteiger partial charge on any atom is 0.308 e. The predicted molar refractivity (Wildman–Crippen MR) is 47.5 cm³/mol. The van der Waals surface area contributed by atoms with E-state index in [1.54, 1.807) is 0 Å². The van der Waals surface area contributed by atoms with Crippen LogP contribution in [0, 0.1) is 12.8 Å². The van der Waals surface area contributed by atoms with Crippen LogP contribution in [-0.4, -0.2) is 12.6 Å². The van der Waals surface area contributed by atoms with E-state index in [-0.39, 0.29) is 18.5 Å². The topological polar surface area (TPSA) is 26.3 Å². The lowest BCUT2D eigenvalue weighted by atomic mass is 10.0. The van der Waals surface area contributed by atoms with Gasteiger partial charge < -0.3 is 4.74 Å². The van der Waals surface area contributed by atoms with Crippen LogP contribution in [0.3, 0.4) is 0 Å². The number of carbonyl (C=O) groups excluding carboxylic acids is 1. The molecule has 0 aromatic carbocycles. The van der Waals surface area contributed by atoms with Crippen molar-refractivity contribution < 1.29 is 9.53 Å². The first-order valence-corrected chi connectivity index (χ1v) is 4.80. The summed E-state index contributed by atoms with van der Waals surface area (Å²) in [5.41, 5.74) is 0. The molecule has 0 aliphatic heterocycles. The maximum atomic E-state index is 11.3. The predicted octanol–water partition coefficient (Wildman–Crippen LogP) is 2.33. The van der Waals surface area contributed by atoms with Gasteiger partial charge in [0.05, 0.1) is 12.5 Å². The second-order valence-electron chi connectivity index (χ2n) is 3.36. The van der Waals surface area contributed by atoms with Crippen molar-refractivity contribution in [3.05, 3.63) is 6.92 Å². The summed E-state index contributed by atoms with van der Waals surface area (Å²) < 4.78 is 4.89. The van der Waals surface area contributed by atoms with Crippen molar-refractivity contribution >= 4 is 5.97 Å². The quantitative estimate of drug-likeness (QED) is 0.468. The van der Waals surface area contributed by atoms with Gasteiger partial charge in [-0.3, -0.25) is 4.79 Å². The smallest absolute Gasteiger partial charge is 0.308 e. The van der Waals surface area contributed by atoms with Crippen LogP contribution in [0.5, 0.6) is 0 Å². The van der Waals surface area contributed by atoms with Gasteiger partial charge in [0.25, 0.3) is 0 Å². The van der Waals surface area contributed by atoms with Gasteiger partial charge in [-0.2, -0.15) is 0 Å². The average molecular weight is 169 g/mol. The van der Waals surface area contributed by atoms with Crippen LogP contribution in [0.1, 0.15) is 38.5 Å². The minimum absolute atomic E-state index is 0.0353. The highest BCUT2D eigenvalue weighted by Gasteiger charge is 2.20. The lowest BCUT2D eigenvalue weighted by Crippen LogP contribution is -2.16. The van der Waals surface area contributed by atoms with Gasteiger partial charge in [0.15, 0.2) is 0 Å². The monoisotopic (exact) mass is 169 g/mol. The van der Waals surface area contributed by atoms with Crippen LogP contribution in [-0.2, 0) is 9.53 Å². The fraction of sp³-hybridized carbons (Fsp3) is 0.800. The van der Waals surface area contributed by atoms with Crippen molar-refractivity contribution in [1.29, 1.82) is 0 Å². The van der Waals surface area contributed by atoms with Crippen molar-refractivity contribution in [3.8, 4) is 0 Å². The second-order valence-corrected chi connectivity index (χ2v) is 3.36. The van der Waals surface area contributed by atoms with Gasteiger partial charge in [-0.25, -0.2) is 0 Å². The Morgan fingerprint density at radius 3 is 2.33 bits per heavy atom. The minimum atomic E-state index is -0.0353. The molecule has 1 radical (unpaired) electrons. The molecular weight excluding hydrogens is 152 g/mol. The van der Waals surface area contributed by atoms with E-state index in [4.69, 9.17) is 4.74 Å². The molecule has 69 valence electrons. The van der Waals surface area contributed by atoms with E-state index in [0.29, 0.717) is 0 Å². The standard InChI is InChI=1S/C10H17O2/c1-2-12-10(11)9-7-5-3-4-6-8-9/h9H,1-8H2. The van der Waals surface area contributed by atoms with Crippen LogP contribution in [0.25, 0.3) is 0 Å². The molecule has 0 amide bonds. The van der Waals surface area contributed by atoms with Gasteiger partial charge >= 0.3 is 5.97 Å². The Kier molecular flexibility index (Phi) is 4.12. The lowest BCUT2D eigenvalue weighted by Gasteiger charge is -2.11. The first-order chi connectivity index (χ1) is 5.84. The Bertz CT molecular complexity index is 135. The molecule has 1 fully saturated rings. The summed E-state index contributed by atoms with van der Waals surface area (Å²) >= 11 is 0. The SMILES string of the molecule is [CH2]COC(=O)C1CCCCCC1. The largest absolute Gasteiger partial charge is 0.465 e. The Labute approximate surface area is 74.3 Å². The van der Waals surface area contributed by atoms with E-state index in [0.717, 1.165) is 12.8 Å². The Morgan fingerprint density at radius 2 is 1.83 bits per heavy atom. The van der Waals surface area contributed by atoms with Gasteiger partial charge in [-0.15, -0.1) is 0 Å². The molecule has 0 saturated heterocycles. The van der Waals surface area contributed by atoms with Crippen LogP contribution < -0.4 is 0 Å². The van der Waals surface area contributed by atoms with E-state index < -0.39 is 0 Å². The fourth-order valence-corrected chi connectivity index (χ4v) is 1.73. The fourth-order valence-electron chi connectivity index (χ4n) is 1.73. The summed E-state index contributed by atoms with van der Waals surface area (Å²) in [6, 6.07) is 0. The number of rotatable bonds is 2. The van der Waals surface area contributed by atoms with Gasteiger partial charge in [0.2, 0.25) is 0 Å². The maximum absolute atomic E-state index is 11.3. The zero-order valence-corrected chi connectivity index (χ0v) is 7.55. The molecule has 2 nitrogen and oxygen atoms in total. The molecular formula is C10H17O2. The van der Waals surface area contributed by atoms with Crippen LogP contribution in [0.15, 0.2) is 0 Å². The average Bonchev–Trinajstić information content (AvgIpc) is 2.32. The molecule has 1 saturated carbocycles. The lowest BCUT2D eigenvalue weighted by molar-refractivity contribution is -0.147. The van der Waals surface area contributed by atoms with E-state index in [9.17, 15) is 4.79 Å². The molecule has 0 bridgehead atoms. The van der Waals surface area contributed by atoms with Gasteiger partial charge in [0, 0.05) is 0 Å². The third kappa shape index (κ3) is 2.84. The summed E-state index contributed by atoms with van der Waals surface area (Å²) in [5, 5.41) is 0. The third-order valence-electron chi connectivity index (χ3n) is 2.43. The second kappa shape index (κ2) is 5.18. The van der Waals surface area contributed by atoms with E-state index in [1.807, 2.05) is 0 Å². The first-order valence-electron chi connectivity index (χ1n) is 4.80. The zero-order chi connectivity index (χ0) is 8.81. The van der Waals surface area contributed by atoms with Crippen LogP contribution in [0.2, 0.25) is 0 Å². The van der Waals surface area contributed by atoms with E-state index in [1.165, 1.54) is 25.7 Å². The molecule has 12 heavy (non-hydrogen) atoms. The van der Waals surface area contributed by atoms with Crippen molar-refractivity contribution in [2.24, 2.45) is 5.92 Å². The number of carbonyl (C=O) groups is 1. The zero-order valence-electron chi connectivity index (χ0n) is 7.55. The summed E-state index contributed by atoms with van der Waals surface area (Å²) in [6.45, 7) is 3.77. The highest BCUT2D eigenvalue weighted by molar-refractivity contribution is 5.72. The Balaban J connectivity index is 2.32. The Hall–Kier alpha value is -0.530. The molecule has 0 unspecified atom stereocenters.